The molecule has 0 radical (unpaired) electrons. The van der Waals surface area contributed by atoms with Crippen LogP contribution in [0.4, 0.5) is 0 Å². The molecule has 1 unspecified atom stereocenters. The summed E-state index contributed by atoms with van der Waals surface area (Å²) in [6.07, 6.45) is 0.455. The van der Waals surface area contributed by atoms with Gasteiger partial charge in [-0.2, -0.15) is 17.0 Å². The minimum atomic E-state index is -3.45. The number of aromatic nitrogens is 1. The molecule has 1 aliphatic heterocycles. The molecule has 0 saturated carbocycles. The van der Waals surface area contributed by atoms with Crippen LogP contribution in [0.2, 0.25) is 0 Å². The van der Waals surface area contributed by atoms with E-state index in [2.05, 4.69) is 23.2 Å². The van der Waals surface area contributed by atoms with Gasteiger partial charge in [-0.3, -0.25) is 4.98 Å². The van der Waals surface area contributed by atoms with Crippen LogP contribution in [0.25, 0.3) is 0 Å². The summed E-state index contributed by atoms with van der Waals surface area (Å²) in [5, 5.41) is 0. The van der Waals surface area contributed by atoms with Crippen LogP contribution in [0, 0.1) is 6.92 Å². The van der Waals surface area contributed by atoms with E-state index in [9.17, 15) is 8.42 Å². The van der Waals surface area contributed by atoms with Crippen molar-refractivity contribution in [3.8, 4) is 0 Å². The van der Waals surface area contributed by atoms with Crippen molar-refractivity contribution in [1.29, 1.82) is 0 Å². The molecule has 2 aromatic rings. The molecule has 1 atom stereocenters. The van der Waals surface area contributed by atoms with Gasteiger partial charge in [0, 0.05) is 32.9 Å². The highest BCUT2D eigenvalue weighted by molar-refractivity contribution is 7.86. The van der Waals surface area contributed by atoms with Gasteiger partial charge >= 0.3 is 0 Å². The van der Waals surface area contributed by atoms with Gasteiger partial charge in [0.1, 0.15) is 6.10 Å². The smallest absolute Gasteiger partial charge is 0.281 e. The van der Waals surface area contributed by atoms with Gasteiger partial charge in [-0.1, -0.05) is 30.3 Å². The van der Waals surface area contributed by atoms with Crippen molar-refractivity contribution in [3.05, 3.63) is 65.0 Å². The zero-order chi connectivity index (χ0) is 18.7. The van der Waals surface area contributed by atoms with Gasteiger partial charge in [-0.15, -0.1) is 0 Å². The van der Waals surface area contributed by atoms with Gasteiger partial charge < -0.3 is 4.74 Å². The molecular formula is C19H25N3O3S. The number of benzene rings is 1. The van der Waals surface area contributed by atoms with E-state index >= 15 is 0 Å². The third-order valence-corrected chi connectivity index (χ3v) is 6.34. The Labute approximate surface area is 155 Å². The summed E-state index contributed by atoms with van der Waals surface area (Å²) in [6.45, 7) is 2.96. The fourth-order valence-electron chi connectivity index (χ4n) is 3.11. The van der Waals surface area contributed by atoms with E-state index in [1.54, 1.807) is 14.1 Å². The Hall–Kier alpha value is -1.80. The van der Waals surface area contributed by atoms with Gasteiger partial charge in [0.25, 0.3) is 10.2 Å². The lowest BCUT2D eigenvalue weighted by molar-refractivity contribution is -0.00633. The molecule has 1 saturated heterocycles. The van der Waals surface area contributed by atoms with Gasteiger partial charge in [-0.05, 0) is 36.6 Å². The van der Waals surface area contributed by atoms with E-state index in [4.69, 9.17) is 4.74 Å². The number of hydrogen-bond donors (Lipinski definition) is 0. The van der Waals surface area contributed by atoms with E-state index in [-0.39, 0.29) is 12.6 Å². The van der Waals surface area contributed by atoms with Gasteiger partial charge in [-0.25, -0.2) is 0 Å². The van der Waals surface area contributed by atoms with Crippen molar-refractivity contribution in [1.82, 2.24) is 13.6 Å². The SMILES string of the molecule is Cc1cc(Cc2ccccc2)cc(C2CN(S(=O)(=O)N(C)C)CCO2)n1. The van der Waals surface area contributed by atoms with Crippen molar-refractivity contribution >= 4 is 10.2 Å². The lowest BCUT2D eigenvalue weighted by Crippen LogP contribution is -2.47. The first-order chi connectivity index (χ1) is 12.4. The number of nitrogens with zero attached hydrogens (tertiary/aromatic N) is 3. The summed E-state index contributed by atoms with van der Waals surface area (Å²) in [6, 6.07) is 14.3. The van der Waals surface area contributed by atoms with E-state index in [1.807, 2.05) is 31.2 Å². The molecule has 1 aliphatic rings. The molecule has 26 heavy (non-hydrogen) atoms. The van der Waals surface area contributed by atoms with E-state index < -0.39 is 10.2 Å². The van der Waals surface area contributed by atoms with Gasteiger partial charge in [0.2, 0.25) is 0 Å². The lowest BCUT2D eigenvalue weighted by Gasteiger charge is -2.33. The molecule has 7 heteroatoms. The van der Waals surface area contributed by atoms with Crippen LogP contribution in [0.3, 0.4) is 0 Å². The summed E-state index contributed by atoms with van der Waals surface area (Å²) in [4.78, 5) is 4.60. The van der Waals surface area contributed by atoms with Crippen LogP contribution >= 0.6 is 0 Å². The number of pyridine rings is 1. The summed E-state index contributed by atoms with van der Waals surface area (Å²) >= 11 is 0. The van der Waals surface area contributed by atoms with Crippen LogP contribution in [-0.4, -0.2) is 55.8 Å². The Morgan fingerprint density at radius 1 is 1.19 bits per heavy atom. The Morgan fingerprint density at radius 3 is 2.62 bits per heavy atom. The van der Waals surface area contributed by atoms with Crippen molar-refractivity contribution < 1.29 is 13.2 Å². The minimum Gasteiger partial charge on any atom is -0.369 e. The van der Waals surface area contributed by atoms with Gasteiger partial charge in [0.05, 0.1) is 12.3 Å². The van der Waals surface area contributed by atoms with E-state index in [0.717, 1.165) is 23.4 Å². The molecule has 0 bridgehead atoms. The second-order valence-electron chi connectivity index (χ2n) is 6.71. The Balaban J connectivity index is 1.82. The molecule has 140 valence electrons. The summed E-state index contributed by atoms with van der Waals surface area (Å²) < 4.78 is 33.4. The predicted molar refractivity (Wildman–Crippen MR) is 101 cm³/mol. The third-order valence-electron chi connectivity index (χ3n) is 4.43. The topological polar surface area (TPSA) is 62.7 Å². The highest BCUT2D eigenvalue weighted by atomic mass is 32.2. The standard InChI is InChI=1S/C19H25N3O3S/c1-15-11-17(12-16-7-5-4-6-8-16)13-18(20-15)19-14-22(9-10-25-19)26(23,24)21(2)3/h4-8,11,13,19H,9-10,12,14H2,1-3H3. The zero-order valence-electron chi connectivity index (χ0n) is 15.4. The van der Waals surface area contributed by atoms with Crippen molar-refractivity contribution in [2.45, 2.75) is 19.4 Å². The van der Waals surface area contributed by atoms with Gasteiger partial charge in [0.15, 0.2) is 0 Å². The van der Waals surface area contributed by atoms with Crippen LogP contribution in [-0.2, 0) is 21.4 Å². The second kappa shape index (κ2) is 7.84. The van der Waals surface area contributed by atoms with Crippen molar-refractivity contribution in [2.75, 3.05) is 33.8 Å². The first-order valence-electron chi connectivity index (χ1n) is 8.67. The maximum Gasteiger partial charge on any atom is 0.281 e. The molecule has 3 rings (SSSR count). The average Bonchev–Trinajstić information content (AvgIpc) is 2.62. The summed E-state index contributed by atoms with van der Waals surface area (Å²) in [5.74, 6) is 0. The molecule has 0 N–H and O–H groups in total. The number of ether oxygens (including phenoxy) is 1. The molecular weight excluding hydrogens is 350 g/mol. The van der Waals surface area contributed by atoms with Crippen molar-refractivity contribution in [3.63, 3.8) is 0 Å². The molecule has 1 aromatic carbocycles. The highest BCUT2D eigenvalue weighted by Gasteiger charge is 2.32. The summed E-state index contributed by atoms with van der Waals surface area (Å²) in [7, 11) is -0.362. The number of hydrogen-bond acceptors (Lipinski definition) is 4. The van der Waals surface area contributed by atoms with Crippen LogP contribution in [0.1, 0.15) is 28.6 Å². The minimum absolute atomic E-state index is 0.280. The summed E-state index contributed by atoms with van der Waals surface area (Å²) in [5.41, 5.74) is 4.07. The van der Waals surface area contributed by atoms with Crippen LogP contribution < -0.4 is 0 Å². The molecule has 1 fully saturated rings. The number of aryl methyl sites for hydroxylation is 1. The van der Waals surface area contributed by atoms with Crippen molar-refractivity contribution in [2.24, 2.45) is 0 Å². The first-order valence-corrected chi connectivity index (χ1v) is 10.1. The van der Waals surface area contributed by atoms with Crippen LogP contribution in [0.15, 0.2) is 42.5 Å². The molecule has 0 spiro atoms. The predicted octanol–water partition coefficient (Wildman–Crippen LogP) is 2.16. The highest BCUT2D eigenvalue weighted by Crippen LogP contribution is 2.25. The largest absolute Gasteiger partial charge is 0.369 e. The number of rotatable bonds is 5. The molecule has 6 nitrogen and oxygen atoms in total. The normalized spacial score (nSPS) is 19.0. The average molecular weight is 375 g/mol. The lowest BCUT2D eigenvalue weighted by atomic mass is 10.0. The molecule has 2 heterocycles. The Bertz CT molecular complexity index is 854. The maximum atomic E-state index is 12.4. The molecule has 1 aromatic heterocycles. The maximum absolute atomic E-state index is 12.4. The Kier molecular flexibility index (Phi) is 5.72. The fraction of sp³-hybridized carbons (Fsp3) is 0.421. The van der Waals surface area contributed by atoms with Crippen LogP contribution in [0.5, 0.6) is 0 Å². The molecule has 0 amide bonds. The van der Waals surface area contributed by atoms with E-state index in [0.29, 0.717) is 13.2 Å². The van der Waals surface area contributed by atoms with E-state index in [1.165, 1.54) is 14.2 Å². The Morgan fingerprint density at radius 2 is 1.92 bits per heavy atom. The fourth-order valence-corrected chi connectivity index (χ4v) is 4.20. The second-order valence-corrected chi connectivity index (χ2v) is 8.85. The first kappa shape index (κ1) is 19.0. The quantitative estimate of drug-likeness (QED) is 0.803. The molecule has 0 aliphatic carbocycles. The zero-order valence-corrected chi connectivity index (χ0v) is 16.2. The number of morpholine rings is 1. The third kappa shape index (κ3) is 4.29. The monoisotopic (exact) mass is 375 g/mol.